The standard InChI is InChI=1S/C26H34Cl2N4O5Si/c1-7-36-20(33)15-31-11-10-17-14-18(8-9-19(17)24(31)34)32(12-13-37-38(5,6)26(2,3)4)25(35)21-22(27)29-16-30-23(21)28/h8-9,14,16H,7,10-13,15H2,1-6H3. The van der Waals surface area contributed by atoms with Crippen molar-refractivity contribution in [2.75, 3.05) is 37.7 Å². The van der Waals surface area contributed by atoms with Crippen molar-refractivity contribution in [1.82, 2.24) is 14.9 Å². The summed E-state index contributed by atoms with van der Waals surface area (Å²) in [6, 6.07) is 5.18. The first kappa shape index (κ1) is 30.0. The second kappa shape index (κ2) is 12.1. The van der Waals surface area contributed by atoms with E-state index in [9.17, 15) is 14.4 Å². The molecule has 1 aromatic heterocycles. The molecular formula is C26H34Cl2N4O5Si. The fourth-order valence-electron chi connectivity index (χ4n) is 3.82. The van der Waals surface area contributed by atoms with E-state index in [1.54, 1.807) is 19.1 Å². The van der Waals surface area contributed by atoms with Crippen LogP contribution in [0.15, 0.2) is 24.5 Å². The van der Waals surface area contributed by atoms with Gasteiger partial charge < -0.3 is 19.0 Å². The summed E-state index contributed by atoms with van der Waals surface area (Å²) in [6.07, 6.45) is 1.71. The van der Waals surface area contributed by atoms with Gasteiger partial charge in [0.2, 0.25) is 0 Å². The van der Waals surface area contributed by atoms with Crippen LogP contribution >= 0.6 is 23.2 Å². The number of aromatic nitrogens is 2. The number of nitrogens with zero attached hydrogens (tertiary/aromatic N) is 4. The predicted molar refractivity (Wildman–Crippen MR) is 150 cm³/mol. The number of fused-ring (bicyclic) bond motifs is 1. The number of halogens is 2. The molecule has 1 aromatic carbocycles. The Morgan fingerprint density at radius 3 is 2.42 bits per heavy atom. The predicted octanol–water partition coefficient (Wildman–Crippen LogP) is 5.01. The third-order valence-electron chi connectivity index (χ3n) is 6.99. The van der Waals surface area contributed by atoms with Gasteiger partial charge in [0.05, 0.1) is 13.2 Å². The maximum absolute atomic E-state index is 13.7. The molecule has 0 atom stereocenters. The molecule has 0 N–H and O–H groups in total. The Morgan fingerprint density at radius 1 is 1.16 bits per heavy atom. The molecule has 0 saturated heterocycles. The smallest absolute Gasteiger partial charge is 0.325 e. The van der Waals surface area contributed by atoms with E-state index in [4.69, 9.17) is 32.4 Å². The lowest BCUT2D eigenvalue weighted by molar-refractivity contribution is -0.143. The number of ether oxygens (including phenoxy) is 1. The molecule has 1 aliphatic heterocycles. The molecular weight excluding hydrogens is 547 g/mol. The molecule has 0 aliphatic carbocycles. The summed E-state index contributed by atoms with van der Waals surface area (Å²) in [7, 11) is -2.07. The van der Waals surface area contributed by atoms with Crippen LogP contribution in [-0.4, -0.2) is 73.8 Å². The van der Waals surface area contributed by atoms with Gasteiger partial charge in [0.15, 0.2) is 8.32 Å². The zero-order chi connectivity index (χ0) is 28.3. The first-order valence-corrected chi connectivity index (χ1v) is 16.1. The third kappa shape index (κ3) is 6.72. The van der Waals surface area contributed by atoms with Crippen molar-refractivity contribution in [3.63, 3.8) is 0 Å². The van der Waals surface area contributed by atoms with Crippen LogP contribution in [0.4, 0.5) is 5.69 Å². The molecule has 0 bridgehead atoms. The summed E-state index contributed by atoms with van der Waals surface area (Å²) in [6.45, 7) is 13.5. The second-order valence-electron chi connectivity index (χ2n) is 10.5. The van der Waals surface area contributed by atoms with Gasteiger partial charge in [-0.15, -0.1) is 0 Å². The van der Waals surface area contributed by atoms with Crippen LogP contribution in [0.25, 0.3) is 0 Å². The Balaban J connectivity index is 1.91. The summed E-state index contributed by atoms with van der Waals surface area (Å²) >= 11 is 12.5. The Morgan fingerprint density at radius 2 is 1.82 bits per heavy atom. The lowest BCUT2D eigenvalue weighted by Crippen LogP contribution is -2.44. The molecule has 2 amide bonds. The third-order valence-corrected chi connectivity index (χ3v) is 12.1. The van der Waals surface area contributed by atoms with Gasteiger partial charge in [-0.2, -0.15) is 0 Å². The highest BCUT2D eigenvalue weighted by Crippen LogP contribution is 2.36. The van der Waals surface area contributed by atoms with E-state index in [1.807, 2.05) is 6.07 Å². The van der Waals surface area contributed by atoms with E-state index in [-0.39, 0.29) is 46.5 Å². The van der Waals surface area contributed by atoms with Crippen molar-refractivity contribution >= 4 is 55.0 Å². The van der Waals surface area contributed by atoms with E-state index >= 15 is 0 Å². The number of hydrogen-bond acceptors (Lipinski definition) is 7. The first-order chi connectivity index (χ1) is 17.8. The maximum Gasteiger partial charge on any atom is 0.325 e. The average molecular weight is 582 g/mol. The number of carbonyl (C=O) groups is 3. The largest absolute Gasteiger partial charge is 0.465 e. The van der Waals surface area contributed by atoms with Gasteiger partial charge in [0.25, 0.3) is 11.8 Å². The number of carbonyl (C=O) groups excluding carboxylic acids is 3. The maximum atomic E-state index is 13.7. The average Bonchev–Trinajstić information content (AvgIpc) is 2.82. The van der Waals surface area contributed by atoms with Crippen molar-refractivity contribution in [3.8, 4) is 0 Å². The molecule has 0 unspecified atom stereocenters. The Labute approximate surface area is 234 Å². The minimum atomic E-state index is -2.07. The van der Waals surface area contributed by atoms with E-state index in [2.05, 4.69) is 43.8 Å². The van der Waals surface area contributed by atoms with Crippen molar-refractivity contribution in [2.24, 2.45) is 0 Å². The molecule has 1 aliphatic rings. The molecule has 38 heavy (non-hydrogen) atoms. The van der Waals surface area contributed by atoms with Gasteiger partial charge in [-0.05, 0) is 55.2 Å². The van der Waals surface area contributed by atoms with Crippen molar-refractivity contribution in [2.45, 2.75) is 52.2 Å². The van der Waals surface area contributed by atoms with Crippen molar-refractivity contribution in [1.29, 1.82) is 0 Å². The topological polar surface area (TPSA) is 102 Å². The van der Waals surface area contributed by atoms with Crippen molar-refractivity contribution in [3.05, 3.63) is 51.5 Å². The molecule has 3 rings (SSSR count). The lowest BCUT2D eigenvalue weighted by atomic mass is 9.97. The molecule has 0 fully saturated rings. The van der Waals surface area contributed by atoms with Crippen LogP contribution in [0.1, 0.15) is 54.0 Å². The van der Waals surface area contributed by atoms with Crippen LogP contribution in [0.5, 0.6) is 0 Å². The summed E-state index contributed by atoms with van der Waals surface area (Å²) < 4.78 is 11.3. The number of benzene rings is 1. The van der Waals surface area contributed by atoms with E-state index in [0.717, 1.165) is 5.56 Å². The molecule has 206 valence electrons. The molecule has 0 radical (unpaired) electrons. The van der Waals surface area contributed by atoms with Crippen LogP contribution in [0.3, 0.4) is 0 Å². The second-order valence-corrected chi connectivity index (χ2v) is 16.0. The highest BCUT2D eigenvalue weighted by molar-refractivity contribution is 6.74. The fraction of sp³-hybridized carbons (Fsp3) is 0.500. The van der Waals surface area contributed by atoms with Crippen LogP contribution in [-0.2, 0) is 20.4 Å². The number of esters is 1. The number of rotatable bonds is 9. The number of hydrogen-bond donors (Lipinski definition) is 0. The molecule has 12 heteroatoms. The fourth-order valence-corrected chi connectivity index (χ4v) is 5.33. The number of amides is 2. The van der Waals surface area contributed by atoms with Gasteiger partial charge in [0, 0.05) is 24.3 Å². The zero-order valence-corrected chi connectivity index (χ0v) is 25.1. The summed E-state index contributed by atoms with van der Waals surface area (Å²) in [5.41, 5.74) is 1.82. The molecule has 2 aromatic rings. The van der Waals surface area contributed by atoms with Gasteiger partial charge in [0.1, 0.15) is 28.7 Å². The summed E-state index contributed by atoms with van der Waals surface area (Å²) in [5, 5.41) is -0.0929. The Kier molecular flexibility index (Phi) is 9.56. The molecule has 0 saturated carbocycles. The Bertz CT molecular complexity index is 1200. The molecule has 2 heterocycles. The number of anilines is 1. The van der Waals surface area contributed by atoms with Gasteiger partial charge in [-0.25, -0.2) is 9.97 Å². The van der Waals surface area contributed by atoms with E-state index in [1.165, 1.54) is 16.1 Å². The van der Waals surface area contributed by atoms with E-state index < -0.39 is 20.2 Å². The lowest BCUT2D eigenvalue weighted by Gasteiger charge is -2.37. The quantitative estimate of drug-likeness (QED) is 0.233. The molecule has 0 spiro atoms. The first-order valence-electron chi connectivity index (χ1n) is 12.5. The minimum Gasteiger partial charge on any atom is -0.465 e. The summed E-state index contributed by atoms with van der Waals surface area (Å²) in [4.78, 5) is 49.5. The van der Waals surface area contributed by atoms with Crippen LogP contribution in [0.2, 0.25) is 28.4 Å². The van der Waals surface area contributed by atoms with Crippen LogP contribution in [0, 0.1) is 0 Å². The van der Waals surface area contributed by atoms with Crippen molar-refractivity contribution < 1.29 is 23.5 Å². The zero-order valence-electron chi connectivity index (χ0n) is 22.6. The van der Waals surface area contributed by atoms with Crippen LogP contribution < -0.4 is 4.90 Å². The van der Waals surface area contributed by atoms with Gasteiger partial charge in [-0.3, -0.25) is 14.4 Å². The van der Waals surface area contributed by atoms with Gasteiger partial charge >= 0.3 is 5.97 Å². The SMILES string of the molecule is CCOC(=O)CN1CCc2cc(N(CCO[Si](C)(C)C(C)(C)C)C(=O)c3c(Cl)ncnc3Cl)ccc2C1=O. The Hall–Kier alpha value is -2.53. The molecule has 9 nitrogen and oxygen atoms in total. The monoisotopic (exact) mass is 580 g/mol. The highest BCUT2D eigenvalue weighted by Gasteiger charge is 2.37. The van der Waals surface area contributed by atoms with Gasteiger partial charge in [-0.1, -0.05) is 44.0 Å². The summed E-state index contributed by atoms with van der Waals surface area (Å²) in [5.74, 6) is -1.17. The minimum absolute atomic E-state index is 0.00225. The normalized spacial score (nSPS) is 13.8. The highest BCUT2D eigenvalue weighted by atomic mass is 35.5. The van der Waals surface area contributed by atoms with E-state index in [0.29, 0.717) is 30.8 Å².